The highest BCUT2D eigenvalue weighted by molar-refractivity contribution is 7.26. The summed E-state index contributed by atoms with van der Waals surface area (Å²) in [5, 5.41) is 6.85. The third kappa shape index (κ3) is 4.46. The standard InChI is InChI=1S/C42H24N4OS/c1-2-11-27(12-3-1)39-44-40(30-19-17-25-9-4-6-13-28(25)21-30)46-41(45-39)32-15-8-16-36-38(32)33-23-35-34(24-37(33)48-36)43-42(47-35)31-20-18-26-10-5-7-14-29(26)22-31/h1-24H. The van der Waals surface area contributed by atoms with E-state index >= 15 is 0 Å². The predicted octanol–water partition coefficient (Wildman–Crippen LogP) is 11.4. The van der Waals surface area contributed by atoms with Crippen LogP contribution in [0.2, 0.25) is 0 Å². The molecule has 10 rings (SSSR count). The average molecular weight is 633 g/mol. The van der Waals surface area contributed by atoms with Crippen LogP contribution in [0.25, 0.3) is 98.4 Å². The summed E-state index contributed by atoms with van der Waals surface area (Å²) in [6, 6.07) is 50.0. The maximum absolute atomic E-state index is 6.42. The Kier molecular flexibility index (Phi) is 5.98. The van der Waals surface area contributed by atoms with E-state index in [9.17, 15) is 0 Å². The third-order valence-electron chi connectivity index (χ3n) is 8.92. The Labute approximate surface area is 278 Å². The molecule has 0 atom stereocenters. The van der Waals surface area contributed by atoms with Crippen molar-refractivity contribution in [3.05, 3.63) is 146 Å². The topological polar surface area (TPSA) is 64.7 Å². The second-order valence-electron chi connectivity index (χ2n) is 11.9. The van der Waals surface area contributed by atoms with Crippen LogP contribution < -0.4 is 0 Å². The minimum atomic E-state index is 0.614. The molecule has 3 aromatic heterocycles. The lowest BCUT2D eigenvalue weighted by Crippen LogP contribution is -2.00. The van der Waals surface area contributed by atoms with Crippen molar-refractivity contribution in [2.45, 2.75) is 0 Å². The van der Waals surface area contributed by atoms with E-state index in [2.05, 4.69) is 115 Å². The van der Waals surface area contributed by atoms with Crippen molar-refractivity contribution < 1.29 is 4.42 Å². The Morgan fingerprint density at radius 1 is 0.438 bits per heavy atom. The van der Waals surface area contributed by atoms with Crippen LogP contribution in [0.1, 0.15) is 0 Å². The minimum absolute atomic E-state index is 0.614. The molecule has 224 valence electrons. The summed E-state index contributed by atoms with van der Waals surface area (Å²) in [5.74, 6) is 2.52. The van der Waals surface area contributed by atoms with Crippen LogP contribution in [0.3, 0.4) is 0 Å². The van der Waals surface area contributed by atoms with Crippen molar-refractivity contribution in [2.24, 2.45) is 0 Å². The summed E-state index contributed by atoms with van der Waals surface area (Å²) in [5.41, 5.74) is 5.38. The molecule has 3 heterocycles. The fourth-order valence-electron chi connectivity index (χ4n) is 6.55. The maximum atomic E-state index is 6.42. The van der Waals surface area contributed by atoms with Crippen molar-refractivity contribution >= 4 is 64.2 Å². The zero-order chi connectivity index (χ0) is 31.6. The molecule has 0 amide bonds. The average Bonchev–Trinajstić information content (AvgIpc) is 3.74. The Bertz CT molecular complexity index is 2860. The molecule has 0 saturated carbocycles. The number of nitrogens with zero attached hydrogens (tertiary/aromatic N) is 4. The van der Waals surface area contributed by atoms with Crippen LogP contribution in [0.4, 0.5) is 0 Å². The molecule has 0 aliphatic rings. The zero-order valence-corrected chi connectivity index (χ0v) is 26.3. The number of fused-ring (bicyclic) bond motifs is 6. The molecule has 0 saturated heterocycles. The summed E-state index contributed by atoms with van der Waals surface area (Å²) >= 11 is 1.74. The van der Waals surface area contributed by atoms with Crippen molar-refractivity contribution in [1.82, 2.24) is 19.9 Å². The summed E-state index contributed by atoms with van der Waals surface area (Å²) in [6.07, 6.45) is 0. The fourth-order valence-corrected chi connectivity index (χ4v) is 7.70. The molecule has 6 heteroatoms. The summed E-state index contributed by atoms with van der Waals surface area (Å²) in [4.78, 5) is 20.1. The van der Waals surface area contributed by atoms with Crippen LogP contribution in [-0.2, 0) is 0 Å². The van der Waals surface area contributed by atoms with Gasteiger partial charge >= 0.3 is 0 Å². The molecule has 48 heavy (non-hydrogen) atoms. The van der Waals surface area contributed by atoms with Crippen molar-refractivity contribution in [3.63, 3.8) is 0 Å². The number of aromatic nitrogens is 4. The van der Waals surface area contributed by atoms with Crippen molar-refractivity contribution in [1.29, 1.82) is 0 Å². The van der Waals surface area contributed by atoms with E-state index in [1.807, 2.05) is 30.3 Å². The number of rotatable bonds is 4. The number of hydrogen-bond donors (Lipinski definition) is 0. The molecule has 0 bridgehead atoms. The van der Waals surface area contributed by atoms with Crippen LogP contribution >= 0.6 is 11.3 Å². The second-order valence-corrected chi connectivity index (χ2v) is 13.0. The number of hydrogen-bond acceptors (Lipinski definition) is 6. The molecular formula is C42H24N4OS. The molecule has 5 nitrogen and oxygen atoms in total. The highest BCUT2D eigenvalue weighted by atomic mass is 32.1. The first-order valence-corrected chi connectivity index (χ1v) is 16.6. The number of oxazole rings is 1. The van der Waals surface area contributed by atoms with Crippen molar-refractivity contribution in [2.75, 3.05) is 0 Å². The highest BCUT2D eigenvalue weighted by Gasteiger charge is 2.19. The SMILES string of the molecule is c1ccc(-c2nc(-c3ccc4ccccc4c3)nc(-c3cccc4sc5cc6nc(-c7ccc8ccccc8c7)oc6cc5c34)n2)cc1. The quantitative estimate of drug-likeness (QED) is 0.193. The monoisotopic (exact) mass is 632 g/mol. The minimum Gasteiger partial charge on any atom is -0.436 e. The van der Waals surface area contributed by atoms with Gasteiger partial charge in [-0.05, 0) is 57.9 Å². The van der Waals surface area contributed by atoms with Gasteiger partial charge in [0, 0.05) is 42.4 Å². The lowest BCUT2D eigenvalue weighted by molar-refractivity contribution is 0.620. The van der Waals surface area contributed by atoms with Gasteiger partial charge in [-0.2, -0.15) is 0 Å². The second kappa shape index (κ2) is 10.7. The van der Waals surface area contributed by atoms with Gasteiger partial charge in [0.15, 0.2) is 23.1 Å². The maximum Gasteiger partial charge on any atom is 0.227 e. The van der Waals surface area contributed by atoms with Gasteiger partial charge in [-0.1, -0.05) is 109 Å². The normalized spacial score (nSPS) is 11.8. The van der Waals surface area contributed by atoms with Gasteiger partial charge in [0.05, 0.1) is 0 Å². The third-order valence-corrected chi connectivity index (χ3v) is 10.0. The first kappa shape index (κ1) is 26.9. The van der Waals surface area contributed by atoms with Crippen LogP contribution in [0, 0.1) is 0 Å². The molecule has 7 aromatic carbocycles. The Morgan fingerprint density at radius 2 is 1.08 bits per heavy atom. The van der Waals surface area contributed by atoms with Gasteiger partial charge < -0.3 is 4.42 Å². The Hall–Kier alpha value is -6.24. The summed E-state index contributed by atoms with van der Waals surface area (Å²) in [6.45, 7) is 0. The van der Waals surface area contributed by atoms with E-state index in [0.717, 1.165) is 64.3 Å². The van der Waals surface area contributed by atoms with Crippen LogP contribution in [0.15, 0.2) is 150 Å². The van der Waals surface area contributed by atoms with Crippen molar-refractivity contribution in [3.8, 4) is 45.6 Å². The molecule has 0 unspecified atom stereocenters. The van der Waals surface area contributed by atoms with Gasteiger partial charge in [0.2, 0.25) is 5.89 Å². The number of benzene rings is 7. The Morgan fingerprint density at radius 3 is 1.85 bits per heavy atom. The molecule has 0 N–H and O–H groups in total. The first-order chi connectivity index (χ1) is 23.7. The largest absolute Gasteiger partial charge is 0.436 e. The summed E-state index contributed by atoms with van der Waals surface area (Å²) < 4.78 is 8.70. The molecule has 0 aliphatic heterocycles. The molecule has 10 aromatic rings. The first-order valence-electron chi connectivity index (χ1n) is 15.8. The molecule has 0 radical (unpaired) electrons. The lowest BCUT2D eigenvalue weighted by Gasteiger charge is -2.10. The van der Waals surface area contributed by atoms with E-state index in [4.69, 9.17) is 24.4 Å². The van der Waals surface area contributed by atoms with Crippen LogP contribution in [0.5, 0.6) is 0 Å². The fraction of sp³-hybridized carbons (Fsp3) is 0. The lowest BCUT2D eigenvalue weighted by atomic mass is 10.0. The van der Waals surface area contributed by atoms with E-state index < -0.39 is 0 Å². The molecule has 0 fully saturated rings. The molecular weight excluding hydrogens is 609 g/mol. The molecule has 0 spiro atoms. The van der Waals surface area contributed by atoms with E-state index in [0.29, 0.717) is 23.4 Å². The highest BCUT2D eigenvalue weighted by Crippen LogP contribution is 2.42. The van der Waals surface area contributed by atoms with E-state index in [1.165, 1.54) is 10.8 Å². The van der Waals surface area contributed by atoms with Crippen LogP contribution in [-0.4, -0.2) is 19.9 Å². The summed E-state index contributed by atoms with van der Waals surface area (Å²) in [7, 11) is 0. The Balaban J connectivity index is 1.16. The van der Waals surface area contributed by atoms with E-state index in [-0.39, 0.29) is 0 Å². The number of thiophene rings is 1. The molecule has 0 aliphatic carbocycles. The van der Waals surface area contributed by atoms with Gasteiger partial charge in [0.25, 0.3) is 0 Å². The smallest absolute Gasteiger partial charge is 0.227 e. The van der Waals surface area contributed by atoms with Gasteiger partial charge in [-0.3, -0.25) is 0 Å². The predicted molar refractivity (Wildman–Crippen MR) is 197 cm³/mol. The van der Waals surface area contributed by atoms with E-state index in [1.54, 1.807) is 11.3 Å². The zero-order valence-electron chi connectivity index (χ0n) is 25.5. The van der Waals surface area contributed by atoms with Gasteiger partial charge in [-0.15, -0.1) is 11.3 Å². The van der Waals surface area contributed by atoms with Gasteiger partial charge in [0.1, 0.15) is 5.52 Å². The van der Waals surface area contributed by atoms with Gasteiger partial charge in [-0.25, -0.2) is 19.9 Å².